The lowest BCUT2D eigenvalue weighted by atomic mass is 9.74. The van der Waals surface area contributed by atoms with E-state index in [4.69, 9.17) is 0 Å². The van der Waals surface area contributed by atoms with Crippen molar-refractivity contribution in [1.29, 1.82) is 0 Å². The van der Waals surface area contributed by atoms with Gasteiger partial charge in [-0.2, -0.15) is 0 Å². The molecule has 0 saturated heterocycles. The second-order valence-electron chi connectivity index (χ2n) is 6.30. The molecule has 0 bridgehead atoms. The fraction of sp³-hybridized carbons (Fsp3) is 0.647. The molecular formula is C17H27N. The number of rotatable bonds is 4. The lowest BCUT2D eigenvalue weighted by Crippen LogP contribution is -2.42. The average molecular weight is 245 g/mol. The topological polar surface area (TPSA) is 12.0 Å². The van der Waals surface area contributed by atoms with Crippen LogP contribution in [0.3, 0.4) is 0 Å². The van der Waals surface area contributed by atoms with Gasteiger partial charge in [-0.15, -0.1) is 0 Å². The van der Waals surface area contributed by atoms with Gasteiger partial charge in [0.1, 0.15) is 0 Å². The second kappa shape index (κ2) is 6.38. The van der Waals surface area contributed by atoms with Gasteiger partial charge in [-0.05, 0) is 36.2 Å². The fourth-order valence-electron chi connectivity index (χ4n) is 3.28. The third-order valence-electron chi connectivity index (χ3n) is 4.43. The highest BCUT2D eigenvalue weighted by molar-refractivity contribution is 5.14. The summed E-state index contributed by atoms with van der Waals surface area (Å²) < 4.78 is 0. The normalized spacial score (nSPS) is 28.6. The SMILES string of the molecule is CC(C)[C@@H]1CC[C@@H](C)C[C@@H]1NCc1ccccc1. The molecule has 0 heterocycles. The first-order chi connectivity index (χ1) is 8.66. The number of nitrogens with one attached hydrogen (secondary N) is 1. The Morgan fingerprint density at radius 1 is 1.17 bits per heavy atom. The Balaban J connectivity index is 1.92. The molecule has 0 amide bonds. The van der Waals surface area contributed by atoms with Gasteiger partial charge < -0.3 is 5.32 Å². The Bertz CT molecular complexity index is 344. The molecule has 0 unspecified atom stereocenters. The molecule has 0 aromatic heterocycles. The molecule has 1 aliphatic rings. The summed E-state index contributed by atoms with van der Waals surface area (Å²) in [6.45, 7) is 8.16. The summed E-state index contributed by atoms with van der Waals surface area (Å²) in [6, 6.07) is 11.5. The maximum Gasteiger partial charge on any atom is 0.0208 e. The molecule has 1 fully saturated rings. The van der Waals surface area contributed by atoms with Gasteiger partial charge in [0.05, 0.1) is 0 Å². The first kappa shape index (κ1) is 13.6. The van der Waals surface area contributed by atoms with Gasteiger partial charge in [0, 0.05) is 12.6 Å². The largest absolute Gasteiger partial charge is 0.310 e. The molecule has 1 N–H and O–H groups in total. The number of hydrogen-bond acceptors (Lipinski definition) is 1. The van der Waals surface area contributed by atoms with E-state index in [1.807, 2.05) is 0 Å². The molecule has 1 aromatic rings. The van der Waals surface area contributed by atoms with Crippen LogP contribution in [0.4, 0.5) is 0 Å². The summed E-state index contributed by atoms with van der Waals surface area (Å²) in [5.74, 6) is 2.53. The minimum absolute atomic E-state index is 0.703. The van der Waals surface area contributed by atoms with Crippen molar-refractivity contribution >= 4 is 0 Å². The zero-order chi connectivity index (χ0) is 13.0. The van der Waals surface area contributed by atoms with E-state index in [1.165, 1.54) is 24.8 Å². The van der Waals surface area contributed by atoms with Crippen molar-refractivity contribution in [2.24, 2.45) is 17.8 Å². The Kier molecular flexibility index (Phi) is 4.82. The monoisotopic (exact) mass is 245 g/mol. The second-order valence-corrected chi connectivity index (χ2v) is 6.30. The molecule has 18 heavy (non-hydrogen) atoms. The molecule has 0 spiro atoms. The van der Waals surface area contributed by atoms with Crippen LogP contribution in [0.2, 0.25) is 0 Å². The van der Waals surface area contributed by atoms with Crippen molar-refractivity contribution in [3.8, 4) is 0 Å². The standard InChI is InChI=1S/C17H27N/c1-13(2)16-10-9-14(3)11-17(16)18-12-15-7-5-4-6-8-15/h4-8,13-14,16-18H,9-12H2,1-3H3/t14-,16+,17+/m1/s1. The van der Waals surface area contributed by atoms with E-state index in [9.17, 15) is 0 Å². The van der Waals surface area contributed by atoms with E-state index in [1.54, 1.807) is 0 Å². The molecule has 0 radical (unpaired) electrons. The third-order valence-corrected chi connectivity index (χ3v) is 4.43. The summed E-state index contributed by atoms with van der Waals surface area (Å²) in [5, 5.41) is 3.80. The van der Waals surface area contributed by atoms with Crippen LogP contribution in [0.1, 0.15) is 45.6 Å². The quantitative estimate of drug-likeness (QED) is 0.836. The molecule has 1 heteroatoms. The molecule has 2 rings (SSSR count). The van der Waals surface area contributed by atoms with Gasteiger partial charge in [-0.1, -0.05) is 57.5 Å². The number of hydrogen-bond donors (Lipinski definition) is 1. The van der Waals surface area contributed by atoms with Crippen LogP contribution in [0.15, 0.2) is 30.3 Å². The molecular weight excluding hydrogens is 218 g/mol. The molecule has 1 saturated carbocycles. The van der Waals surface area contributed by atoms with Crippen LogP contribution in [-0.4, -0.2) is 6.04 Å². The molecule has 1 aliphatic carbocycles. The average Bonchev–Trinajstić information content (AvgIpc) is 2.37. The Labute approximate surface area is 112 Å². The Morgan fingerprint density at radius 2 is 1.89 bits per heavy atom. The zero-order valence-electron chi connectivity index (χ0n) is 12.0. The first-order valence-electron chi connectivity index (χ1n) is 7.44. The lowest BCUT2D eigenvalue weighted by molar-refractivity contribution is 0.169. The van der Waals surface area contributed by atoms with Crippen molar-refractivity contribution in [2.45, 2.75) is 52.6 Å². The predicted molar refractivity (Wildman–Crippen MR) is 78.4 cm³/mol. The van der Waals surface area contributed by atoms with Crippen molar-refractivity contribution in [3.05, 3.63) is 35.9 Å². The number of benzene rings is 1. The van der Waals surface area contributed by atoms with Gasteiger partial charge in [-0.3, -0.25) is 0 Å². The smallest absolute Gasteiger partial charge is 0.0208 e. The van der Waals surface area contributed by atoms with Crippen molar-refractivity contribution in [2.75, 3.05) is 0 Å². The maximum atomic E-state index is 3.80. The Hall–Kier alpha value is -0.820. The van der Waals surface area contributed by atoms with Crippen LogP contribution in [-0.2, 0) is 6.54 Å². The summed E-state index contributed by atoms with van der Waals surface area (Å²) in [5.41, 5.74) is 1.40. The van der Waals surface area contributed by atoms with E-state index in [2.05, 4.69) is 56.4 Å². The van der Waals surface area contributed by atoms with Crippen molar-refractivity contribution < 1.29 is 0 Å². The van der Waals surface area contributed by atoms with Gasteiger partial charge in [0.2, 0.25) is 0 Å². The summed E-state index contributed by atoms with van der Waals surface area (Å²) in [4.78, 5) is 0. The summed E-state index contributed by atoms with van der Waals surface area (Å²) in [6.07, 6.45) is 4.15. The zero-order valence-corrected chi connectivity index (χ0v) is 12.0. The fourth-order valence-corrected chi connectivity index (χ4v) is 3.28. The first-order valence-corrected chi connectivity index (χ1v) is 7.44. The third kappa shape index (κ3) is 3.58. The Morgan fingerprint density at radius 3 is 2.56 bits per heavy atom. The minimum Gasteiger partial charge on any atom is -0.310 e. The van der Waals surface area contributed by atoms with Gasteiger partial charge in [-0.25, -0.2) is 0 Å². The lowest BCUT2D eigenvalue weighted by Gasteiger charge is -2.38. The van der Waals surface area contributed by atoms with Gasteiger partial charge in [0.15, 0.2) is 0 Å². The molecule has 100 valence electrons. The maximum absolute atomic E-state index is 3.80. The van der Waals surface area contributed by atoms with Crippen LogP contribution in [0, 0.1) is 17.8 Å². The van der Waals surface area contributed by atoms with Crippen molar-refractivity contribution in [1.82, 2.24) is 5.32 Å². The van der Waals surface area contributed by atoms with E-state index in [0.29, 0.717) is 6.04 Å². The molecule has 1 nitrogen and oxygen atoms in total. The molecule has 1 aromatic carbocycles. The predicted octanol–water partition coefficient (Wildman–Crippen LogP) is 4.24. The van der Waals surface area contributed by atoms with Crippen LogP contribution in [0.25, 0.3) is 0 Å². The molecule has 0 aliphatic heterocycles. The highest BCUT2D eigenvalue weighted by Gasteiger charge is 2.29. The van der Waals surface area contributed by atoms with E-state index >= 15 is 0 Å². The highest BCUT2D eigenvalue weighted by Crippen LogP contribution is 2.33. The highest BCUT2D eigenvalue weighted by atomic mass is 14.9. The van der Waals surface area contributed by atoms with E-state index < -0.39 is 0 Å². The summed E-state index contributed by atoms with van der Waals surface area (Å²) in [7, 11) is 0. The summed E-state index contributed by atoms with van der Waals surface area (Å²) >= 11 is 0. The van der Waals surface area contributed by atoms with E-state index in [-0.39, 0.29) is 0 Å². The van der Waals surface area contributed by atoms with Crippen molar-refractivity contribution in [3.63, 3.8) is 0 Å². The van der Waals surface area contributed by atoms with E-state index in [0.717, 1.165) is 24.3 Å². The van der Waals surface area contributed by atoms with Crippen LogP contribution < -0.4 is 5.32 Å². The molecule has 3 atom stereocenters. The van der Waals surface area contributed by atoms with Crippen LogP contribution >= 0.6 is 0 Å². The van der Waals surface area contributed by atoms with Crippen LogP contribution in [0.5, 0.6) is 0 Å². The van der Waals surface area contributed by atoms with Gasteiger partial charge in [0.25, 0.3) is 0 Å². The minimum atomic E-state index is 0.703. The van der Waals surface area contributed by atoms with Gasteiger partial charge >= 0.3 is 0 Å².